The number of hydrogen-bond donors (Lipinski definition) is 3. The van der Waals surface area contributed by atoms with E-state index < -0.39 is 0 Å². The first-order chi connectivity index (χ1) is 20.2. The van der Waals surface area contributed by atoms with Crippen molar-refractivity contribution >= 4 is 28.9 Å². The van der Waals surface area contributed by atoms with E-state index in [2.05, 4.69) is 78.2 Å². The second kappa shape index (κ2) is 15.5. The summed E-state index contributed by atoms with van der Waals surface area (Å²) in [5, 5.41) is 9.98. The number of benzene rings is 2. The van der Waals surface area contributed by atoms with Crippen LogP contribution in [0.3, 0.4) is 0 Å². The van der Waals surface area contributed by atoms with Crippen LogP contribution in [0.4, 0.5) is 23.0 Å². The molecule has 0 aliphatic carbocycles. The number of nitrogens with zero attached hydrogens (tertiary/aromatic N) is 4. The number of hydrogen-bond acceptors (Lipinski definition) is 8. The Hall–Kier alpha value is -3.53. The molecule has 0 unspecified atom stereocenters. The van der Waals surface area contributed by atoms with Crippen LogP contribution in [0.15, 0.2) is 60.9 Å². The molecule has 218 valence electrons. The van der Waals surface area contributed by atoms with E-state index in [0.29, 0.717) is 6.42 Å². The van der Waals surface area contributed by atoms with Crippen molar-refractivity contribution in [3.63, 3.8) is 0 Å². The van der Waals surface area contributed by atoms with Crippen LogP contribution < -0.4 is 16.0 Å². The summed E-state index contributed by atoms with van der Waals surface area (Å²) in [6.07, 6.45) is 7.62. The number of amides is 1. The number of aromatic nitrogens is 2. The van der Waals surface area contributed by atoms with Gasteiger partial charge in [0.25, 0.3) is 0 Å². The lowest BCUT2D eigenvalue weighted by Gasteiger charge is -2.30. The Morgan fingerprint density at radius 3 is 2.32 bits per heavy atom. The second-order valence-corrected chi connectivity index (χ2v) is 10.9. The van der Waals surface area contributed by atoms with Gasteiger partial charge in [0.1, 0.15) is 18.0 Å². The van der Waals surface area contributed by atoms with Crippen molar-refractivity contribution in [3.05, 3.63) is 72.1 Å². The van der Waals surface area contributed by atoms with Gasteiger partial charge in [0.2, 0.25) is 5.91 Å². The predicted molar refractivity (Wildman–Crippen MR) is 164 cm³/mol. The number of carbonyl (C=O) groups is 1. The molecule has 41 heavy (non-hydrogen) atoms. The van der Waals surface area contributed by atoms with E-state index in [9.17, 15) is 4.79 Å². The van der Waals surface area contributed by atoms with Crippen molar-refractivity contribution < 1.29 is 9.53 Å². The van der Waals surface area contributed by atoms with Crippen molar-refractivity contribution in [1.82, 2.24) is 25.1 Å². The maximum absolute atomic E-state index is 12.7. The van der Waals surface area contributed by atoms with Crippen molar-refractivity contribution in [2.24, 2.45) is 0 Å². The van der Waals surface area contributed by atoms with Gasteiger partial charge in [-0.15, -0.1) is 0 Å². The van der Waals surface area contributed by atoms with Gasteiger partial charge in [0.05, 0.1) is 13.2 Å². The molecule has 9 heteroatoms. The first kappa shape index (κ1) is 29.0. The van der Waals surface area contributed by atoms with Crippen molar-refractivity contribution in [1.29, 1.82) is 0 Å². The van der Waals surface area contributed by atoms with E-state index in [0.717, 1.165) is 108 Å². The smallest absolute Gasteiger partial charge is 0.221 e. The molecule has 3 aromatic rings. The third-order valence-electron chi connectivity index (χ3n) is 7.70. The van der Waals surface area contributed by atoms with E-state index >= 15 is 0 Å². The van der Waals surface area contributed by atoms with Crippen molar-refractivity contribution in [2.75, 3.05) is 63.1 Å². The van der Waals surface area contributed by atoms with Crippen LogP contribution in [-0.2, 0) is 22.5 Å². The van der Waals surface area contributed by atoms with Gasteiger partial charge >= 0.3 is 0 Å². The van der Waals surface area contributed by atoms with E-state index in [1.54, 1.807) is 6.33 Å². The van der Waals surface area contributed by atoms with Gasteiger partial charge in [-0.2, -0.15) is 0 Å². The summed E-state index contributed by atoms with van der Waals surface area (Å²) in [5.41, 5.74) is 4.50. The summed E-state index contributed by atoms with van der Waals surface area (Å²) in [6.45, 7) is 7.67. The van der Waals surface area contributed by atoms with Crippen LogP contribution in [0.2, 0.25) is 0 Å². The van der Waals surface area contributed by atoms with E-state index in [4.69, 9.17) is 4.74 Å². The number of rotatable bonds is 3. The SMILES string of the molecule is O=C1CCN(CCN2CCOCC2)Cc2cccc(c2)Nc2cc(ncn2)Nc2ccc(cc2)CCCCCCN1. The fraction of sp³-hybridized carbons (Fsp3) is 0.469. The highest BCUT2D eigenvalue weighted by molar-refractivity contribution is 5.76. The molecule has 3 aliphatic heterocycles. The molecule has 1 aromatic heterocycles. The van der Waals surface area contributed by atoms with Gasteiger partial charge in [0.15, 0.2) is 0 Å². The number of nitrogens with one attached hydrogen (secondary N) is 3. The summed E-state index contributed by atoms with van der Waals surface area (Å²) in [5.74, 6) is 1.61. The largest absolute Gasteiger partial charge is 0.379 e. The zero-order chi connectivity index (χ0) is 28.1. The first-order valence-electron chi connectivity index (χ1n) is 15.0. The topological polar surface area (TPSA) is 94.7 Å². The van der Waals surface area contributed by atoms with Crippen LogP contribution in [0, 0.1) is 0 Å². The van der Waals surface area contributed by atoms with Crippen molar-refractivity contribution in [3.8, 4) is 0 Å². The number of aryl methyl sites for hydroxylation is 1. The van der Waals surface area contributed by atoms with E-state index in [-0.39, 0.29) is 5.91 Å². The average molecular weight is 558 g/mol. The Labute approximate surface area is 243 Å². The molecule has 3 aliphatic rings. The molecule has 6 rings (SSSR count). The normalized spacial score (nSPS) is 18.5. The summed E-state index contributed by atoms with van der Waals surface area (Å²) >= 11 is 0. The third-order valence-corrected chi connectivity index (χ3v) is 7.70. The Balaban J connectivity index is 1.29. The highest BCUT2D eigenvalue weighted by Crippen LogP contribution is 2.21. The molecule has 4 heterocycles. The maximum Gasteiger partial charge on any atom is 0.221 e. The third kappa shape index (κ3) is 9.81. The fourth-order valence-electron chi connectivity index (χ4n) is 5.31. The molecule has 1 fully saturated rings. The van der Waals surface area contributed by atoms with Crippen LogP contribution in [0.25, 0.3) is 0 Å². The minimum absolute atomic E-state index is 0.138. The van der Waals surface area contributed by atoms with Crippen LogP contribution in [-0.4, -0.2) is 78.2 Å². The minimum atomic E-state index is 0.138. The number of morpholine rings is 1. The summed E-state index contributed by atoms with van der Waals surface area (Å²) in [4.78, 5) is 26.4. The molecule has 0 saturated carbocycles. The minimum Gasteiger partial charge on any atom is -0.379 e. The zero-order valence-electron chi connectivity index (χ0n) is 24.0. The lowest BCUT2D eigenvalue weighted by molar-refractivity contribution is -0.121. The molecule has 0 spiro atoms. The molecular formula is C32H43N7O2. The van der Waals surface area contributed by atoms with Gasteiger partial charge in [-0.05, 0) is 54.7 Å². The molecule has 0 atom stereocenters. The van der Waals surface area contributed by atoms with Crippen LogP contribution in [0.5, 0.6) is 0 Å². The number of carbonyl (C=O) groups excluding carboxylic acids is 1. The average Bonchev–Trinajstić information content (AvgIpc) is 2.99. The predicted octanol–water partition coefficient (Wildman–Crippen LogP) is 4.72. The second-order valence-electron chi connectivity index (χ2n) is 10.9. The molecule has 3 N–H and O–H groups in total. The summed E-state index contributed by atoms with van der Waals surface area (Å²) < 4.78 is 5.52. The standard InChI is InChI=1S/C32H43N7O2/c40-32-13-15-39(17-16-38-18-20-41-21-19-38)24-27-7-5-8-29(22-27)37-31-23-30(34-25-35-31)36-28-11-9-26(10-12-28)6-3-1-2-4-14-33-32/h5,7-12,22-23,25H,1-4,6,13-21,24H2,(H,33,40)(H2,34,35,36,37). The molecule has 0 radical (unpaired) electrons. The van der Waals surface area contributed by atoms with Crippen LogP contribution >= 0.6 is 0 Å². The molecule has 6 bridgehead atoms. The lowest BCUT2D eigenvalue weighted by atomic mass is 10.1. The zero-order valence-corrected chi connectivity index (χ0v) is 24.0. The van der Waals surface area contributed by atoms with Gasteiger partial charge in [0, 0.05) is 69.7 Å². The number of fused-ring (bicyclic) bond motifs is 13. The summed E-state index contributed by atoms with van der Waals surface area (Å²) in [7, 11) is 0. The molecule has 1 saturated heterocycles. The first-order valence-corrected chi connectivity index (χ1v) is 15.0. The number of anilines is 4. The van der Waals surface area contributed by atoms with E-state index in [1.165, 1.54) is 17.5 Å². The Morgan fingerprint density at radius 2 is 1.49 bits per heavy atom. The Bertz CT molecular complexity index is 1230. The van der Waals surface area contributed by atoms with Crippen LogP contribution in [0.1, 0.15) is 43.2 Å². The summed E-state index contributed by atoms with van der Waals surface area (Å²) in [6, 6.07) is 18.9. The monoisotopic (exact) mass is 557 g/mol. The number of ether oxygens (including phenoxy) is 1. The maximum atomic E-state index is 12.7. The highest BCUT2D eigenvalue weighted by Gasteiger charge is 2.15. The highest BCUT2D eigenvalue weighted by atomic mass is 16.5. The lowest BCUT2D eigenvalue weighted by Crippen LogP contribution is -2.42. The van der Waals surface area contributed by atoms with Gasteiger partial charge in [-0.3, -0.25) is 14.6 Å². The molecule has 9 nitrogen and oxygen atoms in total. The molecule has 1 amide bonds. The van der Waals surface area contributed by atoms with E-state index in [1.807, 2.05) is 12.1 Å². The fourth-order valence-corrected chi connectivity index (χ4v) is 5.31. The Morgan fingerprint density at radius 1 is 0.732 bits per heavy atom. The van der Waals surface area contributed by atoms with Crippen molar-refractivity contribution in [2.45, 2.75) is 45.1 Å². The molecular weight excluding hydrogens is 514 g/mol. The molecule has 2 aromatic carbocycles. The van der Waals surface area contributed by atoms with Gasteiger partial charge in [-0.25, -0.2) is 9.97 Å². The van der Waals surface area contributed by atoms with Gasteiger partial charge < -0.3 is 20.7 Å². The quantitative estimate of drug-likeness (QED) is 0.426. The van der Waals surface area contributed by atoms with Gasteiger partial charge in [-0.1, -0.05) is 37.1 Å². The Kier molecular flexibility index (Phi) is 10.9.